The minimum atomic E-state index is -0.462. The van der Waals surface area contributed by atoms with Crippen LogP contribution in [0, 0.1) is 0 Å². The largest absolute Gasteiger partial charge is 0.398 e. The Morgan fingerprint density at radius 3 is 2.79 bits per heavy atom. The average Bonchev–Trinajstić information content (AvgIpc) is 2.35. The van der Waals surface area contributed by atoms with Crippen LogP contribution in [0.2, 0.25) is 0 Å². The Morgan fingerprint density at radius 1 is 1.42 bits per heavy atom. The number of benzene rings is 1. The van der Waals surface area contributed by atoms with Crippen LogP contribution >= 0.6 is 27.7 Å². The third kappa shape index (κ3) is 5.98. The van der Waals surface area contributed by atoms with Crippen molar-refractivity contribution in [1.29, 1.82) is 0 Å². The molecule has 19 heavy (non-hydrogen) atoms. The van der Waals surface area contributed by atoms with Crippen molar-refractivity contribution in [2.24, 2.45) is 0 Å². The Morgan fingerprint density at radius 2 is 2.16 bits per heavy atom. The van der Waals surface area contributed by atoms with E-state index in [9.17, 15) is 9.59 Å². The van der Waals surface area contributed by atoms with E-state index in [0.717, 1.165) is 15.8 Å². The van der Waals surface area contributed by atoms with Gasteiger partial charge in [0.1, 0.15) is 0 Å². The molecule has 0 aromatic heterocycles. The highest BCUT2D eigenvalue weighted by molar-refractivity contribution is 9.10. The van der Waals surface area contributed by atoms with Crippen molar-refractivity contribution in [3.8, 4) is 0 Å². The van der Waals surface area contributed by atoms with Gasteiger partial charge in [-0.3, -0.25) is 10.1 Å². The number of nitrogens with two attached hydrogens (primary N) is 1. The summed E-state index contributed by atoms with van der Waals surface area (Å²) in [5, 5.41) is 4.83. The lowest BCUT2D eigenvalue weighted by atomic mass is 10.3. The molecule has 0 aliphatic carbocycles. The lowest BCUT2D eigenvalue weighted by molar-refractivity contribution is -0.117. The molecule has 4 N–H and O–H groups in total. The predicted molar refractivity (Wildman–Crippen MR) is 81.1 cm³/mol. The molecule has 0 saturated carbocycles. The summed E-state index contributed by atoms with van der Waals surface area (Å²) in [7, 11) is 0. The molecule has 0 bridgehead atoms. The first-order valence-electron chi connectivity index (χ1n) is 5.78. The molecule has 0 atom stereocenters. The van der Waals surface area contributed by atoms with E-state index in [2.05, 4.69) is 26.6 Å². The lowest BCUT2D eigenvalue weighted by Crippen LogP contribution is -2.40. The van der Waals surface area contributed by atoms with Gasteiger partial charge in [0.15, 0.2) is 0 Å². The summed E-state index contributed by atoms with van der Waals surface area (Å²) in [4.78, 5) is 23.6. The van der Waals surface area contributed by atoms with E-state index in [1.165, 1.54) is 11.8 Å². The van der Waals surface area contributed by atoms with Crippen LogP contribution in [0.25, 0.3) is 0 Å². The average molecular weight is 346 g/mol. The molecule has 5 nitrogen and oxygen atoms in total. The first kappa shape index (κ1) is 15.8. The molecule has 0 saturated heterocycles. The monoisotopic (exact) mass is 345 g/mol. The van der Waals surface area contributed by atoms with E-state index < -0.39 is 6.03 Å². The van der Waals surface area contributed by atoms with Crippen molar-refractivity contribution in [1.82, 2.24) is 10.6 Å². The predicted octanol–water partition coefficient (Wildman–Crippen LogP) is 2.36. The number of nitrogen functional groups attached to an aromatic ring is 1. The van der Waals surface area contributed by atoms with Crippen molar-refractivity contribution in [3.63, 3.8) is 0 Å². The minimum Gasteiger partial charge on any atom is -0.398 e. The molecule has 0 aliphatic heterocycles. The highest BCUT2D eigenvalue weighted by Gasteiger charge is 2.08. The van der Waals surface area contributed by atoms with Gasteiger partial charge in [-0.1, -0.05) is 22.9 Å². The molecular formula is C12H16BrN3O2S. The Kier molecular flexibility index (Phi) is 6.72. The maximum atomic E-state index is 11.5. The van der Waals surface area contributed by atoms with Crippen molar-refractivity contribution < 1.29 is 9.59 Å². The zero-order valence-electron chi connectivity index (χ0n) is 10.5. The second-order valence-electron chi connectivity index (χ2n) is 3.77. The maximum absolute atomic E-state index is 11.5. The van der Waals surface area contributed by atoms with Gasteiger partial charge < -0.3 is 11.1 Å². The Labute approximate surface area is 124 Å². The molecule has 0 radical (unpaired) electrons. The molecule has 0 heterocycles. The number of halogens is 1. The molecule has 1 aromatic rings. The van der Waals surface area contributed by atoms with Crippen LogP contribution in [0.3, 0.4) is 0 Å². The van der Waals surface area contributed by atoms with Gasteiger partial charge in [0, 0.05) is 21.6 Å². The summed E-state index contributed by atoms with van der Waals surface area (Å²) in [6.07, 6.45) is 0.825. The van der Waals surface area contributed by atoms with Crippen LogP contribution in [-0.2, 0) is 4.79 Å². The van der Waals surface area contributed by atoms with E-state index in [0.29, 0.717) is 12.2 Å². The molecule has 0 aliphatic rings. The van der Waals surface area contributed by atoms with Crippen molar-refractivity contribution in [2.45, 2.75) is 18.2 Å². The molecular weight excluding hydrogens is 330 g/mol. The second kappa shape index (κ2) is 8.06. The number of amides is 3. The molecule has 3 amide bonds. The highest BCUT2D eigenvalue weighted by Crippen LogP contribution is 2.27. The summed E-state index contributed by atoms with van der Waals surface area (Å²) >= 11 is 4.60. The van der Waals surface area contributed by atoms with Gasteiger partial charge in [-0.2, -0.15) is 0 Å². The van der Waals surface area contributed by atoms with Gasteiger partial charge in [-0.05, 0) is 24.6 Å². The molecule has 7 heteroatoms. The number of anilines is 1. The fourth-order valence-corrected chi connectivity index (χ4v) is 2.37. The lowest BCUT2D eigenvalue weighted by Gasteiger charge is -2.07. The number of carbonyl (C=O) groups excluding carboxylic acids is 2. The van der Waals surface area contributed by atoms with E-state index in [1.54, 1.807) is 6.07 Å². The van der Waals surface area contributed by atoms with E-state index >= 15 is 0 Å². The molecule has 1 rings (SSSR count). The van der Waals surface area contributed by atoms with Crippen LogP contribution < -0.4 is 16.4 Å². The van der Waals surface area contributed by atoms with Crippen LogP contribution in [-0.4, -0.2) is 24.2 Å². The number of carbonyl (C=O) groups is 2. The van der Waals surface area contributed by atoms with Crippen LogP contribution in [0.5, 0.6) is 0 Å². The zero-order chi connectivity index (χ0) is 14.3. The zero-order valence-corrected chi connectivity index (χ0v) is 12.9. The first-order valence-corrected chi connectivity index (χ1v) is 7.56. The Balaban J connectivity index is 2.39. The number of imide groups is 1. The number of hydrogen-bond acceptors (Lipinski definition) is 4. The standard InChI is InChI=1S/C12H16BrN3O2S/c1-2-5-15-12(18)16-11(17)7-19-10-4-3-8(13)6-9(10)14/h3-4,6H,2,5,7,14H2,1H3,(H2,15,16,17,18). The van der Waals surface area contributed by atoms with Crippen LogP contribution in [0.1, 0.15) is 13.3 Å². The molecule has 0 fully saturated rings. The smallest absolute Gasteiger partial charge is 0.321 e. The summed E-state index contributed by atoms with van der Waals surface area (Å²) in [6, 6.07) is 4.99. The maximum Gasteiger partial charge on any atom is 0.321 e. The van der Waals surface area contributed by atoms with Gasteiger partial charge in [0.2, 0.25) is 5.91 Å². The molecule has 104 valence electrons. The number of urea groups is 1. The third-order valence-electron chi connectivity index (χ3n) is 2.12. The van der Waals surface area contributed by atoms with Crippen molar-refractivity contribution in [3.05, 3.63) is 22.7 Å². The highest BCUT2D eigenvalue weighted by atomic mass is 79.9. The minimum absolute atomic E-state index is 0.144. The van der Waals surface area contributed by atoms with Crippen LogP contribution in [0.4, 0.5) is 10.5 Å². The van der Waals surface area contributed by atoms with Gasteiger partial charge >= 0.3 is 6.03 Å². The second-order valence-corrected chi connectivity index (χ2v) is 5.71. The number of hydrogen-bond donors (Lipinski definition) is 3. The van der Waals surface area contributed by atoms with E-state index in [-0.39, 0.29) is 11.7 Å². The number of rotatable bonds is 5. The van der Waals surface area contributed by atoms with Gasteiger partial charge in [0.25, 0.3) is 0 Å². The van der Waals surface area contributed by atoms with Gasteiger partial charge in [0.05, 0.1) is 5.75 Å². The fraction of sp³-hybridized carbons (Fsp3) is 0.333. The number of thioether (sulfide) groups is 1. The van der Waals surface area contributed by atoms with E-state index in [4.69, 9.17) is 5.73 Å². The quantitative estimate of drug-likeness (QED) is 0.565. The fourth-order valence-electron chi connectivity index (χ4n) is 1.24. The summed E-state index contributed by atoms with van der Waals surface area (Å²) in [5.41, 5.74) is 6.41. The Bertz CT molecular complexity index is 468. The molecule has 1 aromatic carbocycles. The summed E-state index contributed by atoms with van der Waals surface area (Å²) < 4.78 is 0.887. The SMILES string of the molecule is CCCNC(=O)NC(=O)CSc1ccc(Br)cc1N. The van der Waals surface area contributed by atoms with Gasteiger partial charge in [-0.15, -0.1) is 11.8 Å². The summed E-state index contributed by atoms with van der Waals surface area (Å²) in [5.74, 6) is -0.202. The normalized spacial score (nSPS) is 10.0. The Hall–Kier alpha value is -1.21. The molecule has 0 unspecified atom stereocenters. The first-order chi connectivity index (χ1) is 9.02. The van der Waals surface area contributed by atoms with Gasteiger partial charge in [-0.25, -0.2) is 4.79 Å². The third-order valence-corrected chi connectivity index (χ3v) is 3.70. The number of nitrogens with one attached hydrogen (secondary N) is 2. The summed E-state index contributed by atoms with van der Waals surface area (Å²) in [6.45, 7) is 2.49. The molecule has 0 spiro atoms. The van der Waals surface area contributed by atoms with E-state index in [1.807, 2.05) is 19.1 Å². The van der Waals surface area contributed by atoms with Crippen molar-refractivity contribution >= 4 is 45.3 Å². The van der Waals surface area contributed by atoms with Crippen LogP contribution in [0.15, 0.2) is 27.6 Å². The topological polar surface area (TPSA) is 84.2 Å². The van der Waals surface area contributed by atoms with Crippen molar-refractivity contribution in [2.75, 3.05) is 18.0 Å².